The van der Waals surface area contributed by atoms with E-state index in [9.17, 15) is 4.79 Å². The van der Waals surface area contributed by atoms with Crippen molar-refractivity contribution in [1.82, 2.24) is 15.3 Å². The van der Waals surface area contributed by atoms with E-state index >= 15 is 0 Å². The average molecular weight is 351 g/mol. The maximum absolute atomic E-state index is 11.8. The van der Waals surface area contributed by atoms with Crippen LogP contribution in [0.5, 0.6) is 0 Å². The van der Waals surface area contributed by atoms with Crippen LogP contribution in [0.15, 0.2) is 11.4 Å². The highest BCUT2D eigenvalue weighted by molar-refractivity contribution is 14.1. The molecule has 1 N–H and O–H groups in total. The molecule has 0 aliphatic carbocycles. The summed E-state index contributed by atoms with van der Waals surface area (Å²) in [7, 11) is 2.10. The number of halogens is 1. The molecule has 0 unspecified atom stereocenters. The smallest absolute Gasteiger partial charge is 0.266 e. The fourth-order valence-corrected chi connectivity index (χ4v) is 2.88. The van der Waals surface area contributed by atoms with E-state index in [1.165, 1.54) is 0 Å². The minimum absolute atomic E-state index is 0.00344. The number of thiophene rings is 1. The molecule has 1 aliphatic rings. The van der Waals surface area contributed by atoms with Crippen LogP contribution in [0.1, 0.15) is 10.4 Å². The summed E-state index contributed by atoms with van der Waals surface area (Å²) in [6, 6.07) is 1.91. The third-order valence-corrected chi connectivity index (χ3v) is 4.38. The molecule has 2 heterocycles. The maximum atomic E-state index is 11.8. The van der Waals surface area contributed by atoms with Crippen molar-refractivity contribution in [2.45, 2.75) is 0 Å². The lowest BCUT2D eigenvalue weighted by Crippen LogP contribution is -2.52. The number of nitrogens with zero attached hydrogens (tertiary/aromatic N) is 2. The van der Waals surface area contributed by atoms with Crippen molar-refractivity contribution >= 4 is 39.8 Å². The summed E-state index contributed by atoms with van der Waals surface area (Å²) in [6.45, 7) is 3.79. The summed E-state index contributed by atoms with van der Waals surface area (Å²) in [5.74, 6) is 0.00344. The standard InChI is InChI=1S/C10H14IN3OS/c1-13-2-4-14(5-3-13)12-10(15)8-6-9(11)16-7-8/h6-7H,2-5H2,1H3,(H,12,15). The molecule has 2 rings (SSSR count). The number of hydrazine groups is 1. The topological polar surface area (TPSA) is 35.6 Å². The van der Waals surface area contributed by atoms with Crippen LogP contribution >= 0.6 is 33.9 Å². The molecule has 0 bridgehead atoms. The number of piperazine rings is 1. The molecule has 6 heteroatoms. The predicted octanol–water partition coefficient (Wildman–Crippen LogP) is 1.24. The summed E-state index contributed by atoms with van der Waals surface area (Å²) in [4.78, 5) is 14.1. The van der Waals surface area contributed by atoms with Crippen molar-refractivity contribution in [3.63, 3.8) is 0 Å². The van der Waals surface area contributed by atoms with Gasteiger partial charge in [0.05, 0.1) is 8.45 Å². The molecule has 16 heavy (non-hydrogen) atoms. The van der Waals surface area contributed by atoms with Gasteiger partial charge in [0.15, 0.2) is 0 Å². The van der Waals surface area contributed by atoms with E-state index < -0.39 is 0 Å². The molecule has 1 aromatic heterocycles. The van der Waals surface area contributed by atoms with Crippen LogP contribution in [-0.2, 0) is 0 Å². The summed E-state index contributed by atoms with van der Waals surface area (Å²) in [5.41, 5.74) is 3.70. The van der Waals surface area contributed by atoms with E-state index in [1.807, 2.05) is 16.5 Å². The second-order valence-corrected chi connectivity index (χ2v) is 6.68. The van der Waals surface area contributed by atoms with Gasteiger partial charge < -0.3 is 4.90 Å². The summed E-state index contributed by atoms with van der Waals surface area (Å²) in [6.07, 6.45) is 0. The first kappa shape index (κ1) is 12.3. The van der Waals surface area contributed by atoms with Crippen LogP contribution in [0.4, 0.5) is 0 Å². The van der Waals surface area contributed by atoms with Gasteiger partial charge in [-0.2, -0.15) is 0 Å². The minimum atomic E-state index is 0.00344. The fourth-order valence-electron chi connectivity index (χ4n) is 1.56. The van der Waals surface area contributed by atoms with E-state index in [-0.39, 0.29) is 5.91 Å². The Morgan fingerprint density at radius 2 is 2.12 bits per heavy atom. The zero-order valence-corrected chi connectivity index (χ0v) is 12.0. The number of carbonyl (C=O) groups is 1. The highest BCUT2D eigenvalue weighted by Gasteiger charge is 2.16. The van der Waals surface area contributed by atoms with Gasteiger partial charge in [-0.1, -0.05) is 0 Å². The van der Waals surface area contributed by atoms with E-state index in [0.29, 0.717) is 0 Å². The number of amides is 1. The van der Waals surface area contributed by atoms with Gasteiger partial charge in [-0.25, -0.2) is 5.01 Å². The first-order chi connectivity index (χ1) is 7.65. The Hall–Kier alpha value is -0.180. The van der Waals surface area contributed by atoms with E-state index in [4.69, 9.17) is 0 Å². The van der Waals surface area contributed by atoms with Gasteiger partial charge in [0.2, 0.25) is 0 Å². The molecule has 1 aliphatic heterocycles. The molecule has 0 atom stereocenters. The highest BCUT2D eigenvalue weighted by Crippen LogP contribution is 2.16. The Kier molecular flexibility index (Phi) is 4.17. The van der Waals surface area contributed by atoms with Crippen molar-refractivity contribution in [1.29, 1.82) is 0 Å². The van der Waals surface area contributed by atoms with Gasteiger partial charge in [-0.15, -0.1) is 11.3 Å². The molecular weight excluding hydrogens is 337 g/mol. The normalized spacial score (nSPS) is 18.6. The summed E-state index contributed by atoms with van der Waals surface area (Å²) < 4.78 is 1.14. The van der Waals surface area contributed by atoms with E-state index in [0.717, 1.165) is 34.6 Å². The average Bonchev–Trinajstić information content (AvgIpc) is 2.68. The van der Waals surface area contributed by atoms with Crippen molar-refractivity contribution in [3.05, 3.63) is 19.9 Å². The Morgan fingerprint density at radius 3 is 2.69 bits per heavy atom. The number of hydrogen-bond donors (Lipinski definition) is 1. The molecule has 1 amide bonds. The Morgan fingerprint density at radius 1 is 1.44 bits per heavy atom. The van der Waals surface area contributed by atoms with E-state index in [2.05, 4.69) is 40.0 Å². The number of nitrogens with one attached hydrogen (secondary N) is 1. The van der Waals surface area contributed by atoms with Gasteiger partial charge in [0.1, 0.15) is 0 Å². The number of rotatable bonds is 2. The zero-order chi connectivity index (χ0) is 11.5. The van der Waals surface area contributed by atoms with Crippen molar-refractivity contribution in [3.8, 4) is 0 Å². The number of likely N-dealkylation sites (N-methyl/N-ethyl adjacent to an activating group) is 1. The zero-order valence-electron chi connectivity index (χ0n) is 9.07. The molecule has 88 valence electrons. The quantitative estimate of drug-likeness (QED) is 0.815. The van der Waals surface area contributed by atoms with Gasteiger partial charge in [-0.05, 0) is 35.7 Å². The van der Waals surface area contributed by atoms with Crippen LogP contribution in [0.2, 0.25) is 0 Å². The Bertz CT molecular complexity index is 374. The van der Waals surface area contributed by atoms with Crippen molar-refractivity contribution < 1.29 is 4.79 Å². The predicted molar refractivity (Wildman–Crippen MR) is 73.6 cm³/mol. The molecule has 4 nitrogen and oxygen atoms in total. The van der Waals surface area contributed by atoms with Gasteiger partial charge >= 0.3 is 0 Å². The van der Waals surface area contributed by atoms with Crippen molar-refractivity contribution in [2.75, 3.05) is 33.2 Å². The molecule has 1 aromatic rings. The Labute approximate surface area is 113 Å². The maximum Gasteiger partial charge on any atom is 0.266 e. The summed E-state index contributed by atoms with van der Waals surface area (Å²) in [5, 5.41) is 3.89. The van der Waals surface area contributed by atoms with Crippen LogP contribution in [0.25, 0.3) is 0 Å². The second-order valence-electron chi connectivity index (χ2n) is 3.87. The molecule has 0 aromatic carbocycles. The lowest BCUT2D eigenvalue weighted by atomic mass is 10.3. The third kappa shape index (κ3) is 3.16. The molecule has 0 saturated carbocycles. The molecule has 0 radical (unpaired) electrons. The summed E-state index contributed by atoms with van der Waals surface area (Å²) >= 11 is 3.82. The van der Waals surface area contributed by atoms with Crippen molar-refractivity contribution in [2.24, 2.45) is 0 Å². The second kappa shape index (κ2) is 5.44. The lowest BCUT2D eigenvalue weighted by molar-refractivity contribution is 0.0663. The van der Waals surface area contributed by atoms with Crippen LogP contribution < -0.4 is 5.43 Å². The van der Waals surface area contributed by atoms with E-state index in [1.54, 1.807) is 11.3 Å². The SMILES string of the molecule is CN1CCN(NC(=O)c2csc(I)c2)CC1. The highest BCUT2D eigenvalue weighted by atomic mass is 127. The fraction of sp³-hybridized carbons (Fsp3) is 0.500. The third-order valence-electron chi connectivity index (χ3n) is 2.59. The first-order valence-corrected chi connectivity index (χ1v) is 7.09. The largest absolute Gasteiger partial charge is 0.304 e. The number of carbonyl (C=O) groups excluding carboxylic acids is 1. The molecule has 0 spiro atoms. The monoisotopic (exact) mass is 351 g/mol. The number of hydrogen-bond acceptors (Lipinski definition) is 4. The van der Waals surface area contributed by atoms with Crippen LogP contribution in [0, 0.1) is 2.88 Å². The molecular formula is C10H14IN3OS. The molecule has 1 saturated heterocycles. The van der Waals surface area contributed by atoms with Crippen LogP contribution in [-0.4, -0.2) is 49.0 Å². The Balaban J connectivity index is 1.88. The van der Waals surface area contributed by atoms with Gasteiger partial charge in [0.25, 0.3) is 5.91 Å². The minimum Gasteiger partial charge on any atom is -0.304 e. The van der Waals surface area contributed by atoms with Gasteiger partial charge in [0, 0.05) is 31.6 Å². The van der Waals surface area contributed by atoms with Crippen LogP contribution in [0.3, 0.4) is 0 Å². The lowest BCUT2D eigenvalue weighted by Gasteiger charge is -2.32. The molecule has 1 fully saturated rings. The first-order valence-electron chi connectivity index (χ1n) is 5.13. The van der Waals surface area contributed by atoms with Gasteiger partial charge in [-0.3, -0.25) is 10.2 Å².